The number of rotatable bonds is 7. The molecule has 0 saturated heterocycles. The average Bonchev–Trinajstić information content (AvgIpc) is 2.91. The van der Waals surface area contributed by atoms with Crippen molar-refractivity contribution in [3.05, 3.63) is 28.3 Å². The fourth-order valence-electron chi connectivity index (χ4n) is 2.20. The second kappa shape index (κ2) is 6.34. The minimum absolute atomic E-state index is 0.0166. The van der Waals surface area contributed by atoms with Crippen LogP contribution in [0.2, 0.25) is 0 Å². The molecule has 0 spiro atoms. The minimum Gasteiger partial charge on any atom is -0.424 e. The van der Waals surface area contributed by atoms with Crippen LogP contribution in [-0.4, -0.2) is 27.5 Å². The maximum atomic E-state index is 10.8. The molecule has 2 rings (SSSR count). The molecular weight excluding hydrogens is 290 g/mol. The number of aromatic nitrogens is 1. The largest absolute Gasteiger partial charge is 0.424 e. The standard InChI is InChI=1S/C14H19N3O3S/c1-4-14(5-2,21-3)9-15-13-16-11-8-10(17(18)19)6-7-12(11)20-13/h6-8H,4-5,9H2,1-3H3,(H,15,16). The molecule has 21 heavy (non-hydrogen) atoms. The lowest BCUT2D eigenvalue weighted by molar-refractivity contribution is -0.384. The van der Waals surface area contributed by atoms with Crippen LogP contribution in [0.1, 0.15) is 26.7 Å². The topological polar surface area (TPSA) is 81.2 Å². The van der Waals surface area contributed by atoms with Crippen LogP contribution in [0, 0.1) is 10.1 Å². The molecule has 0 aliphatic carbocycles. The van der Waals surface area contributed by atoms with E-state index in [2.05, 4.69) is 30.4 Å². The summed E-state index contributed by atoms with van der Waals surface area (Å²) in [6.45, 7) is 5.07. The van der Waals surface area contributed by atoms with Crippen LogP contribution in [0.15, 0.2) is 22.6 Å². The Morgan fingerprint density at radius 1 is 1.43 bits per heavy atom. The fraction of sp³-hybridized carbons (Fsp3) is 0.500. The van der Waals surface area contributed by atoms with Crippen molar-refractivity contribution < 1.29 is 9.34 Å². The average molecular weight is 309 g/mol. The SMILES string of the molecule is CCC(CC)(CNc1nc2cc([N+](=O)[O-])ccc2o1)SC. The molecule has 114 valence electrons. The molecule has 0 aliphatic heterocycles. The second-order valence-corrected chi connectivity index (χ2v) is 6.15. The molecule has 1 aromatic heterocycles. The highest BCUT2D eigenvalue weighted by Gasteiger charge is 2.25. The maximum absolute atomic E-state index is 10.8. The number of oxazole rings is 1. The second-order valence-electron chi connectivity index (χ2n) is 4.88. The van der Waals surface area contributed by atoms with E-state index in [1.54, 1.807) is 6.07 Å². The lowest BCUT2D eigenvalue weighted by Crippen LogP contribution is -2.32. The van der Waals surface area contributed by atoms with E-state index in [0.29, 0.717) is 17.1 Å². The third kappa shape index (κ3) is 3.29. The van der Waals surface area contributed by atoms with Gasteiger partial charge in [-0.1, -0.05) is 13.8 Å². The molecule has 0 bridgehead atoms. The molecule has 1 heterocycles. The summed E-state index contributed by atoms with van der Waals surface area (Å²) < 4.78 is 5.72. The summed E-state index contributed by atoms with van der Waals surface area (Å²) in [5.41, 5.74) is 1.06. The van der Waals surface area contributed by atoms with Crippen molar-refractivity contribution >= 4 is 34.6 Å². The van der Waals surface area contributed by atoms with Crippen LogP contribution in [0.25, 0.3) is 11.1 Å². The molecule has 0 unspecified atom stereocenters. The Morgan fingerprint density at radius 3 is 2.71 bits per heavy atom. The third-order valence-electron chi connectivity index (χ3n) is 3.87. The lowest BCUT2D eigenvalue weighted by Gasteiger charge is -2.29. The van der Waals surface area contributed by atoms with E-state index < -0.39 is 4.92 Å². The van der Waals surface area contributed by atoms with Crippen LogP contribution in [0.3, 0.4) is 0 Å². The highest BCUT2D eigenvalue weighted by molar-refractivity contribution is 8.00. The van der Waals surface area contributed by atoms with Crippen molar-refractivity contribution in [2.24, 2.45) is 0 Å². The Morgan fingerprint density at radius 2 is 2.14 bits per heavy atom. The van der Waals surface area contributed by atoms with Gasteiger partial charge in [-0.05, 0) is 25.2 Å². The number of thioether (sulfide) groups is 1. The minimum atomic E-state index is -0.436. The number of hydrogen-bond acceptors (Lipinski definition) is 6. The molecule has 0 radical (unpaired) electrons. The Kier molecular flexibility index (Phi) is 4.72. The van der Waals surface area contributed by atoms with E-state index in [1.165, 1.54) is 12.1 Å². The zero-order chi connectivity index (χ0) is 15.5. The monoisotopic (exact) mass is 309 g/mol. The lowest BCUT2D eigenvalue weighted by atomic mass is 10.0. The summed E-state index contributed by atoms with van der Waals surface area (Å²) in [5.74, 6) is 0. The number of hydrogen-bond donors (Lipinski definition) is 1. The van der Waals surface area contributed by atoms with Gasteiger partial charge in [-0.3, -0.25) is 10.1 Å². The van der Waals surface area contributed by atoms with Gasteiger partial charge in [0.15, 0.2) is 5.58 Å². The van der Waals surface area contributed by atoms with Gasteiger partial charge >= 0.3 is 0 Å². The number of nitro groups is 1. The van der Waals surface area contributed by atoms with Crippen LogP contribution >= 0.6 is 11.8 Å². The third-order valence-corrected chi connectivity index (χ3v) is 5.45. The Labute approximate surface area is 127 Å². The fourth-order valence-corrected chi connectivity index (χ4v) is 3.00. The summed E-state index contributed by atoms with van der Waals surface area (Å²) >= 11 is 1.83. The van der Waals surface area contributed by atoms with E-state index in [4.69, 9.17) is 4.42 Å². The molecule has 0 saturated carbocycles. The first kappa shape index (κ1) is 15.6. The van der Waals surface area contributed by atoms with Crippen molar-refractivity contribution in [2.45, 2.75) is 31.4 Å². The van der Waals surface area contributed by atoms with Gasteiger partial charge in [0.05, 0.1) is 4.92 Å². The molecule has 0 atom stereocenters. The molecule has 1 aromatic carbocycles. The van der Waals surface area contributed by atoms with E-state index in [0.717, 1.165) is 19.4 Å². The summed E-state index contributed by atoms with van der Waals surface area (Å²) in [6, 6.07) is 4.82. The molecule has 7 heteroatoms. The maximum Gasteiger partial charge on any atom is 0.295 e. The molecule has 2 aromatic rings. The van der Waals surface area contributed by atoms with Gasteiger partial charge in [-0.2, -0.15) is 16.7 Å². The van der Waals surface area contributed by atoms with Gasteiger partial charge in [0.25, 0.3) is 11.7 Å². The van der Waals surface area contributed by atoms with Crippen molar-refractivity contribution in [3.63, 3.8) is 0 Å². The van der Waals surface area contributed by atoms with E-state index in [9.17, 15) is 10.1 Å². The zero-order valence-corrected chi connectivity index (χ0v) is 13.2. The highest BCUT2D eigenvalue weighted by Crippen LogP contribution is 2.31. The first-order chi connectivity index (χ1) is 10.0. The van der Waals surface area contributed by atoms with Gasteiger partial charge in [-0.15, -0.1) is 0 Å². The first-order valence-corrected chi connectivity index (χ1v) is 8.10. The van der Waals surface area contributed by atoms with Crippen LogP contribution in [0.5, 0.6) is 0 Å². The quantitative estimate of drug-likeness (QED) is 0.613. The van der Waals surface area contributed by atoms with E-state index in [1.807, 2.05) is 11.8 Å². The van der Waals surface area contributed by atoms with E-state index in [-0.39, 0.29) is 10.4 Å². The Bertz CT molecular complexity index is 629. The molecular formula is C14H19N3O3S. The van der Waals surface area contributed by atoms with Crippen LogP contribution in [0.4, 0.5) is 11.7 Å². The number of nitrogens with zero attached hydrogens (tertiary/aromatic N) is 2. The number of nitro benzene ring substituents is 1. The highest BCUT2D eigenvalue weighted by atomic mass is 32.2. The molecule has 1 N–H and O–H groups in total. The summed E-state index contributed by atoms with van der Waals surface area (Å²) in [5, 5.41) is 14.0. The van der Waals surface area contributed by atoms with Gasteiger partial charge in [0, 0.05) is 23.4 Å². The van der Waals surface area contributed by atoms with Gasteiger partial charge in [0.1, 0.15) is 5.52 Å². The number of non-ortho nitro benzene ring substituents is 1. The normalized spacial score (nSPS) is 11.8. The van der Waals surface area contributed by atoms with Crippen LogP contribution < -0.4 is 5.32 Å². The number of benzene rings is 1. The summed E-state index contributed by atoms with van der Waals surface area (Å²) in [7, 11) is 0. The van der Waals surface area contributed by atoms with Gasteiger partial charge in [0.2, 0.25) is 0 Å². The molecule has 0 aliphatic rings. The predicted molar refractivity (Wildman–Crippen MR) is 86.0 cm³/mol. The molecule has 0 fully saturated rings. The van der Waals surface area contributed by atoms with Crippen LogP contribution in [-0.2, 0) is 0 Å². The number of nitrogens with one attached hydrogen (secondary N) is 1. The van der Waals surface area contributed by atoms with E-state index >= 15 is 0 Å². The predicted octanol–water partition coefficient (Wildman–Crippen LogP) is 4.07. The van der Waals surface area contributed by atoms with Gasteiger partial charge in [-0.25, -0.2) is 0 Å². The molecule has 6 nitrogen and oxygen atoms in total. The van der Waals surface area contributed by atoms with Crippen molar-refractivity contribution in [1.82, 2.24) is 4.98 Å². The van der Waals surface area contributed by atoms with Gasteiger partial charge < -0.3 is 9.73 Å². The molecule has 0 amide bonds. The first-order valence-electron chi connectivity index (χ1n) is 6.87. The van der Waals surface area contributed by atoms with Crippen molar-refractivity contribution in [3.8, 4) is 0 Å². The smallest absolute Gasteiger partial charge is 0.295 e. The number of anilines is 1. The number of fused-ring (bicyclic) bond motifs is 1. The van der Waals surface area contributed by atoms with Crippen molar-refractivity contribution in [1.29, 1.82) is 0 Å². The Balaban J connectivity index is 2.18. The van der Waals surface area contributed by atoms with Crippen molar-refractivity contribution in [2.75, 3.05) is 18.1 Å². The zero-order valence-electron chi connectivity index (χ0n) is 12.4. The Hall–Kier alpha value is -1.76. The summed E-state index contributed by atoms with van der Waals surface area (Å²) in [4.78, 5) is 14.6. The summed E-state index contributed by atoms with van der Waals surface area (Å²) in [6.07, 6.45) is 4.19.